The molecular weight excluding hydrogens is 448 g/mol. The van der Waals surface area contributed by atoms with Crippen molar-refractivity contribution in [2.24, 2.45) is 0 Å². The van der Waals surface area contributed by atoms with Gasteiger partial charge in [-0.15, -0.1) is 10.2 Å². The van der Waals surface area contributed by atoms with E-state index < -0.39 is 0 Å². The van der Waals surface area contributed by atoms with E-state index >= 15 is 0 Å². The minimum Gasteiger partial charge on any atom is -0.497 e. The summed E-state index contributed by atoms with van der Waals surface area (Å²) in [5, 5.41) is 11.5. The summed E-state index contributed by atoms with van der Waals surface area (Å²) in [4.78, 5) is 30.8. The number of anilines is 1. The highest BCUT2D eigenvalue weighted by molar-refractivity contribution is 5.84. The first-order chi connectivity index (χ1) is 17.1. The molecule has 0 atom stereocenters. The highest BCUT2D eigenvalue weighted by Crippen LogP contribution is 2.23. The van der Waals surface area contributed by atoms with Gasteiger partial charge in [0.2, 0.25) is 5.91 Å². The molecule has 1 aliphatic rings. The Morgan fingerprint density at radius 2 is 1.91 bits per heavy atom. The van der Waals surface area contributed by atoms with Gasteiger partial charge in [0, 0.05) is 38.3 Å². The van der Waals surface area contributed by atoms with Crippen LogP contribution in [0.2, 0.25) is 0 Å². The summed E-state index contributed by atoms with van der Waals surface area (Å²) in [7, 11) is 1.63. The first kappa shape index (κ1) is 24.1. The van der Waals surface area contributed by atoms with Gasteiger partial charge in [0.05, 0.1) is 25.6 Å². The highest BCUT2D eigenvalue weighted by atomic mass is 16.5. The normalized spacial score (nSPS) is 13.4. The second-order valence-electron chi connectivity index (χ2n) is 8.15. The Kier molecular flexibility index (Phi) is 7.81. The number of methoxy groups -OCH3 is 1. The molecule has 0 saturated carbocycles. The summed E-state index contributed by atoms with van der Waals surface area (Å²) in [6.07, 6.45) is 1.55. The zero-order chi connectivity index (χ0) is 24.6. The molecule has 3 heterocycles. The van der Waals surface area contributed by atoms with Crippen molar-refractivity contribution in [3.63, 3.8) is 0 Å². The Labute approximate surface area is 204 Å². The van der Waals surface area contributed by atoms with Crippen molar-refractivity contribution in [3.8, 4) is 17.0 Å². The maximum atomic E-state index is 13.0. The Morgan fingerprint density at radius 1 is 1.09 bits per heavy atom. The van der Waals surface area contributed by atoms with Crippen molar-refractivity contribution >= 4 is 17.8 Å². The largest absolute Gasteiger partial charge is 0.497 e. The number of carbonyl (C=O) groups excluding carboxylic acids is 2. The van der Waals surface area contributed by atoms with Crippen molar-refractivity contribution in [3.05, 3.63) is 60.6 Å². The molecule has 1 aliphatic heterocycles. The second-order valence-corrected chi connectivity index (χ2v) is 8.15. The zero-order valence-corrected chi connectivity index (χ0v) is 20.0. The summed E-state index contributed by atoms with van der Waals surface area (Å²) in [5.41, 5.74) is 1.70. The van der Waals surface area contributed by atoms with Crippen molar-refractivity contribution in [2.45, 2.75) is 13.5 Å². The lowest BCUT2D eigenvalue weighted by Crippen LogP contribution is -2.52. The van der Waals surface area contributed by atoms with Gasteiger partial charge in [-0.05, 0) is 43.3 Å². The number of ether oxygens (including phenoxy) is 1. The van der Waals surface area contributed by atoms with E-state index in [1.54, 1.807) is 30.4 Å². The lowest BCUT2D eigenvalue weighted by atomic mass is 10.1. The molecule has 1 N–H and O–H groups in total. The lowest BCUT2D eigenvalue weighted by Gasteiger charge is -2.36. The smallest absolute Gasteiger partial charge is 0.318 e. The summed E-state index contributed by atoms with van der Waals surface area (Å²) >= 11 is 0. The number of aromatic nitrogens is 2. The molecule has 1 saturated heterocycles. The van der Waals surface area contributed by atoms with Crippen LogP contribution in [0.1, 0.15) is 12.7 Å². The fourth-order valence-corrected chi connectivity index (χ4v) is 3.93. The Morgan fingerprint density at radius 3 is 2.57 bits per heavy atom. The molecule has 0 radical (unpaired) electrons. The minimum absolute atomic E-state index is 0.0123. The monoisotopic (exact) mass is 478 g/mol. The van der Waals surface area contributed by atoms with Crippen molar-refractivity contribution in [2.75, 3.05) is 51.3 Å². The molecule has 10 heteroatoms. The van der Waals surface area contributed by atoms with Crippen LogP contribution in [-0.4, -0.2) is 78.3 Å². The van der Waals surface area contributed by atoms with E-state index in [4.69, 9.17) is 9.15 Å². The average molecular weight is 479 g/mol. The highest BCUT2D eigenvalue weighted by Gasteiger charge is 2.26. The summed E-state index contributed by atoms with van der Waals surface area (Å²) in [5.74, 6) is 2.07. The van der Waals surface area contributed by atoms with Crippen LogP contribution in [0, 0.1) is 0 Å². The van der Waals surface area contributed by atoms with Gasteiger partial charge in [-0.2, -0.15) is 0 Å². The number of piperazine rings is 1. The van der Waals surface area contributed by atoms with Gasteiger partial charge in [0.15, 0.2) is 5.82 Å². The van der Waals surface area contributed by atoms with Gasteiger partial charge in [-0.1, -0.05) is 12.1 Å². The molecule has 1 aromatic carbocycles. The van der Waals surface area contributed by atoms with Crippen LogP contribution in [0.25, 0.3) is 11.3 Å². The molecule has 3 aromatic rings. The van der Waals surface area contributed by atoms with Crippen molar-refractivity contribution in [1.29, 1.82) is 0 Å². The van der Waals surface area contributed by atoms with Crippen LogP contribution >= 0.6 is 0 Å². The molecule has 0 aliphatic carbocycles. The maximum absolute atomic E-state index is 13.0. The number of nitrogens with one attached hydrogen (secondary N) is 1. The molecule has 2 aromatic heterocycles. The van der Waals surface area contributed by atoms with Crippen molar-refractivity contribution < 1.29 is 18.7 Å². The molecule has 0 bridgehead atoms. The van der Waals surface area contributed by atoms with Crippen LogP contribution in [0.5, 0.6) is 5.75 Å². The van der Waals surface area contributed by atoms with E-state index in [0.717, 1.165) is 22.8 Å². The topological polar surface area (TPSA) is 104 Å². The predicted octanol–water partition coefficient (Wildman–Crippen LogP) is 2.63. The van der Waals surface area contributed by atoms with E-state index in [2.05, 4.69) is 20.4 Å². The van der Waals surface area contributed by atoms with E-state index in [-0.39, 0.29) is 25.0 Å². The number of benzene rings is 1. The van der Waals surface area contributed by atoms with Crippen LogP contribution in [0.3, 0.4) is 0 Å². The quantitative estimate of drug-likeness (QED) is 0.531. The Balaban J connectivity index is 1.33. The van der Waals surface area contributed by atoms with Crippen LogP contribution in [0.15, 0.2) is 59.2 Å². The number of carbonyl (C=O) groups is 2. The average Bonchev–Trinajstić information content (AvgIpc) is 3.42. The van der Waals surface area contributed by atoms with Gasteiger partial charge in [-0.3, -0.25) is 4.79 Å². The molecule has 35 heavy (non-hydrogen) atoms. The number of furan rings is 1. The van der Waals surface area contributed by atoms with E-state index in [1.807, 2.05) is 43.3 Å². The number of amides is 3. The summed E-state index contributed by atoms with van der Waals surface area (Å²) in [6, 6.07) is 14.8. The Bertz CT molecular complexity index is 1110. The summed E-state index contributed by atoms with van der Waals surface area (Å²) in [6.45, 7) is 4.91. The van der Waals surface area contributed by atoms with E-state index in [1.165, 1.54) is 4.90 Å². The zero-order valence-electron chi connectivity index (χ0n) is 20.0. The lowest BCUT2D eigenvalue weighted by molar-refractivity contribution is -0.132. The van der Waals surface area contributed by atoms with E-state index in [9.17, 15) is 9.59 Å². The van der Waals surface area contributed by atoms with Crippen LogP contribution < -0.4 is 15.0 Å². The molecule has 10 nitrogen and oxygen atoms in total. The molecule has 4 rings (SSSR count). The molecule has 1 fully saturated rings. The van der Waals surface area contributed by atoms with Gasteiger partial charge in [0.25, 0.3) is 0 Å². The second kappa shape index (κ2) is 11.4. The number of urea groups is 1. The van der Waals surface area contributed by atoms with Crippen LogP contribution in [0.4, 0.5) is 10.6 Å². The fourth-order valence-electron chi connectivity index (χ4n) is 3.93. The Hall–Kier alpha value is -4.08. The molecule has 3 amide bonds. The maximum Gasteiger partial charge on any atom is 0.318 e. The summed E-state index contributed by atoms with van der Waals surface area (Å²) < 4.78 is 10.6. The number of rotatable bonds is 8. The van der Waals surface area contributed by atoms with Gasteiger partial charge >= 0.3 is 6.03 Å². The number of nitrogens with zero attached hydrogens (tertiary/aromatic N) is 5. The minimum atomic E-state index is -0.290. The first-order valence-corrected chi connectivity index (χ1v) is 11.6. The third kappa shape index (κ3) is 6.08. The van der Waals surface area contributed by atoms with Gasteiger partial charge in [0.1, 0.15) is 18.1 Å². The molecule has 0 unspecified atom stereocenters. The molecule has 184 valence electrons. The first-order valence-electron chi connectivity index (χ1n) is 11.6. The van der Waals surface area contributed by atoms with Crippen molar-refractivity contribution in [1.82, 2.24) is 25.3 Å². The number of hydrogen-bond donors (Lipinski definition) is 1. The van der Waals surface area contributed by atoms with E-state index in [0.29, 0.717) is 38.5 Å². The third-order valence-electron chi connectivity index (χ3n) is 5.84. The fraction of sp³-hybridized carbons (Fsp3) is 0.360. The standard InChI is InChI=1S/C25H30N6O4/c1-3-26-25(33)31(17-21-8-5-15-35-21)18-24(32)30-13-11-29(12-14-30)23-10-9-22(27-28-23)19-6-4-7-20(16-19)34-2/h4-10,15-16H,3,11-14,17-18H2,1-2H3,(H,26,33). The predicted molar refractivity (Wildman–Crippen MR) is 131 cm³/mol. The van der Waals surface area contributed by atoms with Crippen LogP contribution in [-0.2, 0) is 11.3 Å². The van der Waals surface area contributed by atoms with Gasteiger partial charge < -0.3 is 29.2 Å². The molecular formula is C25H30N6O4. The number of hydrogen-bond acceptors (Lipinski definition) is 7. The SMILES string of the molecule is CCNC(=O)N(CC(=O)N1CCN(c2ccc(-c3cccc(OC)c3)nn2)CC1)Cc1ccco1. The third-order valence-corrected chi connectivity index (χ3v) is 5.84. The van der Waals surface area contributed by atoms with Gasteiger partial charge in [-0.25, -0.2) is 4.79 Å². The molecule has 0 spiro atoms.